The SMILES string of the molecule is CC(C)=CC(=O)O[C@@H]1[C@H](O)[C@H](O)[C@H]([C@@H]2c3cccc(O)c3C(=O)c3c(O)cc(C)cc32)O[C@H]1O. The second-order valence-corrected chi connectivity index (χ2v) is 8.89. The molecule has 1 aliphatic heterocycles. The number of phenols is 2. The number of ether oxygens (including phenoxy) is 2. The maximum atomic E-state index is 13.2. The number of carbonyl (C=O) groups excluding carboxylic acids is 2. The van der Waals surface area contributed by atoms with Crippen molar-refractivity contribution in [1.29, 1.82) is 0 Å². The summed E-state index contributed by atoms with van der Waals surface area (Å²) in [5, 5.41) is 53.3. The van der Waals surface area contributed by atoms with E-state index in [9.17, 15) is 35.1 Å². The van der Waals surface area contributed by atoms with Crippen LogP contribution in [-0.4, -0.2) is 68.0 Å². The number of ketones is 1. The number of aromatic hydroxyl groups is 2. The quantitative estimate of drug-likeness (QED) is 0.331. The monoisotopic (exact) mass is 470 g/mol. The van der Waals surface area contributed by atoms with Gasteiger partial charge in [0, 0.05) is 12.0 Å². The van der Waals surface area contributed by atoms with Gasteiger partial charge in [-0.05, 0) is 49.6 Å². The summed E-state index contributed by atoms with van der Waals surface area (Å²) in [6.07, 6.45) is -6.87. The predicted molar refractivity (Wildman–Crippen MR) is 118 cm³/mol. The lowest BCUT2D eigenvalue weighted by Gasteiger charge is -2.44. The first kappa shape index (κ1) is 23.9. The molecule has 2 aromatic carbocycles. The van der Waals surface area contributed by atoms with Gasteiger partial charge in [-0.1, -0.05) is 23.8 Å². The summed E-state index contributed by atoms with van der Waals surface area (Å²) in [6, 6.07) is 7.45. The lowest BCUT2D eigenvalue weighted by atomic mass is 9.71. The number of allylic oxidation sites excluding steroid dienone is 1. The van der Waals surface area contributed by atoms with E-state index in [0.717, 1.165) is 0 Å². The van der Waals surface area contributed by atoms with Gasteiger partial charge >= 0.3 is 5.97 Å². The molecule has 1 saturated heterocycles. The summed E-state index contributed by atoms with van der Waals surface area (Å²) in [7, 11) is 0. The van der Waals surface area contributed by atoms with Crippen molar-refractivity contribution in [2.24, 2.45) is 0 Å². The molecule has 180 valence electrons. The number of hydrogen-bond acceptors (Lipinski definition) is 9. The first-order chi connectivity index (χ1) is 16.0. The average Bonchev–Trinajstić information content (AvgIpc) is 2.73. The third-order valence-corrected chi connectivity index (χ3v) is 6.08. The van der Waals surface area contributed by atoms with E-state index in [1.807, 2.05) is 0 Å². The summed E-state index contributed by atoms with van der Waals surface area (Å²) < 4.78 is 10.8. The number of aryl methyl sites for hydroxylation is 1. The third-order valence-electron chi connectivity index (χ3n) is 6.08. The highest BCUT2D eigenvalue weighted by Crippen LogP contribution is 2.47. The molecule has 6 atom stereocenters. The van der Waals surface area contributed by atoms with E-state index >= 15 is 0 Å². The molecule has 34 heavy (non-hydrogen) atoms. The minimum absolute atomic E-state index is 0.0681. The smallest absolute Gasteiger partial charge is 0.331 e. The van der Waals surface area contributed by atoms with Crippen LogP contribution in [-0.2, 0) is 14.3 Å². The Balaban J connectivity index is 1.79. The largest absolute Gasteiger partial charge is 0.507 e. The van der Waals surface area contributed by atoms with Crippen LogP contribution in [0.1, 0.15) is 52.4 Å². The molecule has 0 radical (unpaired) electrons. The molecular formula is C25H26O9. The van der Waals surface area contributed by atoms with E-state index < -0.39 is 48.4 Å². The average molecular weight is 470 g/mol. The number of aliphatic hydroxyl groups excluding tert-OH is 3. The first-order valence-corrected chi connectivity index (χ1v) is 10.8. The standard InChI is InChI=1S/C25H26O9/c1-10(2)7-16(28)33-24-22(31)21(30)23(34-25(24)32)17-12-5-4-6-14(26)18(12)20(29)19-13(17)8-11(3)9-15(19)27/h4-9,17,21-27,30-32H,1-3H3/t17-,21+,22-,23+,24-,25-/m1/s1. The molecule has 1 aliphatic carbocycles. The van der Waals surface area contributed by atoms with Crippen molar-refractivity contribution in [2.45, 2.75) is 57.4 Å². The normalized spacial score (nSPS) is 28.0. The Morgan fingerprint density at radius 1 is 1.00 bits per heavy atom. The van der Waals surface area contributed by atoms with E-state index in [4.69, 9.17) is 9.47 Å². The van der Waals surface area contributed by atoms with Crippen LogP contribution in [0.3, 0.4) is 0 Å². The Bertz CT molecular complexity index is 1180. The van der Waals surface area contributed by atoms with Crippen molar-refractivity contribution in [3.8, 4) is 11.5 Å². The molecule has 1 heterocycles. The van der Waals surface area contributed by atoms with Crippen LogP contribution >= 0.6 is 0 Å². The number of rotatable bonds is 3. The van der Waals surface area contributed by atoms with Crippen LogP contribution in [0.25, 0.3) is 0 Å². The Morgan fingerprint density at radius 2 is 1.68 bits per heavy atom. The molecule has 0 amide bonds. The highest BCUT2D eigenvalue weighted by atomic mass is 16.7. The van der Waals surface area contributed by atoms with Crippen molar-refractivity contribution >= 4 is 11.8 Å². The molecule has 0 aromatic heterocycles. The van der Waals surface area contributed by atoms with Gasteiger partial charge in [0.1, 0.15) is 29.8 Å². The van der Waals surface area contributed by atoms with Crippen molar-refractivity contribution in [3.05, 3.63) is 69.8 Å². The van der Waals surface area contributed by atoms with E-state index in [-0.39, 0.29) is 22.6 Å². The number of esters is 1. The Hall–Kier alpha value is -3.24. The zero-order valence-electron chi connectivity index (χ0n) is 18.8. The fraction of sp³-hybridized carbons (Fsp3) is 0.360. The van der Waals surface area contributed by atoms with Gasteiger partial charge < -0.3 is 35.0 Å². The van der Waals surface area contributed by atoms with Gasteiger partial charge in [-0.25, -0.2) is 4.79 Å². The second-order valence-electron chi connectivity index (χ2n) is 8.89. The molecule has 9 heteroatoms. The summed E-state index contributed by atoms with van der Waals surface area (Å²) in [5.74, 6) is -3.00. The molecule has 9 nitrogen and oxygen atoms in total. The lowest BCUT2D eigenvalue weighted by molar-refractivity contribution is -0.287. The molecule has 0 saturated carbocycles. The Labute approximate surface area is 195 Å². The molecule has 1 fully saturated rings. The van der Waals surface area contributed by atoms with Gasteiger partial charge in [-0.2, -0.15) is 0 Å². The molecule has 4 rings (SSSR count). The van der Waals surface area contributed by atoms with E-state index in [2.05, 4.69) is 0 Å². The van der Waals surface area contributed by atoms with Crippen molar-refractivity contribution < 1.29 is 44.6 Å². The summed E-state index contributed by atoms with van der Waals surface area (Å²) >= 11 is 0. The van der Waals surface area contributed by atoms with Crippen LogP contribution in [0.4, 0.5) is 0 Å². The van der Waals surface area contributed by atoms with Gasteiger partial charge in [0.05, 0.1) is 11.1 Å². The molecule has 0 bridgehead atoms. The number of aliphatic hydroxyl groups is 3. The number of phenolic OH excluding ortho intramolecular Hbond substituents is 2. The molecule has 2 aliphatic rings. The predicted octanol–water partition coefficient (Wildman–Crippen LogP) is 1.40. The summed E-state index contributed by atoms with van der Waals surface area (Å²) in [6.45, 7) is 5.05. The van der Waals surface area contributed by atoms with Gasteiger partial charge in [0.15, 0.2) is 12.4 Å². The highest BCUT2D eigenvalue weighted by Gasteiger charge is 2.51. The maximum Gasteiger partial charge on any atom is 0.331 e. The molecule has 0 spiro atoms. The zero-order valence-corrected chi connectivity index (χ0v) is 18.8. The van der Waals surface area contributed by atoms with Crippen molar-refractivity contribution in [2.75, 3.05) is 0 Å². The van der Waals surface area contributed by atoms with Crippen molar-refractivity contribution in [1.82, 2.24) is 0 Å². The number of fused-ring (bicyclic) bond motifs is 2. The molecular weight excluding hydrogens is 444 g/mol. The molecule has 0 unspecified atom stereocenters. The molecule has 2 aromatic rings. The summed E-state index contributed by atoms with van der Waals surface area (Å²) in [4.78, 5) is 25.2. The van der Waals surface area contributed by atoms with E-state index in [1.54, 1.807) is 32.9 Å². The van der Waals surface area contributed by atoms with Gasteiger partial charge in [-0.15, -0.1) is 0 Å². The molecule has 5 N–H and O–H groups in total. The van der Waals surface area contributed by atoms with Gasteiger partial charge in [0.25, 0.3) is 0 Å². The first-order valence-electron chi connectivity index (χ1n) is 10.8. The van der Waals surface area contributed by atoms with Crippen LogP contribution in [0.2, 0.25) is 0 Å². The number of carbonyl (C=O) groups is 2. The van der Waals surface area contributed by atoms with Crippen LogP contribution in [0, 0.1) is 6.92 Å². The van der Waals surface area contributed by atoms with Crippen LogP contribution in [0.15, 0.2) is 42.0 Å². The van der Waals surface area contributed by atoms with Gasteiger partial charge in [0.2, 0.25) is 5.78 Å². The fourth-order valence-electron chi connectivity index (χ4n) is 4.68. The topological polar surface area (TPSA) is 154 Å². The Kier molecular flexibility index (Phi) is 6.22. The van der Waals surface area contributed by atoms with E-state index in [0.29, 0.717) is 22.3 Å². The minimum Gasteiger partial charge on any atom is -0.507 e. The lowest BCUT2D eigenvalue weighted by Crippen LogP contribution is -2.60. The van der Waals surface area contributed by atoms with Crippen molar-refractivity contribution in [3.63, 3.8) is 0 Å². The van der Waals surface area contributed by atoms with E-state index in [1.165, 1.54) is 24.3 Å². The van der Waals surface area contributed by atoms with Gasteiger partial charge in [-0.3, -0.25) is 4.79 Å². The minimum atomic E-state index is -1.79. The fourth-order valence-corrected chi connectivity index (χ4v) is 4.68. The number of benzene rings is 2. The zero-order chi connectivity index (χ0) is 24.9. The summed E-state index contributed by atoms with van der Waals surface area (Å²) in [5.41, 5.74) is 1.73. The Morgan fingerprint density at radius 3 is 2.35 bits per heavy atom. The maximum absolute atomic E-state index is 13.2. The van der Waals surface area contributed by atoms with Crippen LogP contribution in [0.5, 0.6) is 11.5 Å². The highest BCUT2D eigenvalue weighted by molar-refractivity contribution is 6.16. The number of hydrogen-bond donors (Lipinski definition) is 5. The second kappa shape index (κ2) is 8.84. The third kappa shape index (κ3) is 3.97. The van der Waals surface area contributed by atoms with Crippen LogP contribution < -0.4 is 0 Å².